The van der Waals surface area contributed by atoms with Gasteiger partial charge in [0.05, 0.1) is 0 Å². The summed E-state index contributed by atoms with van der Waals surface area (Å²) in [4.78, 5) is 0. The van der Waals surface area contributed by atoms with Gasteiger partial charge in [-0.05, 0) is 115 Å². The smallest absolute Gasteiger partial charge is 0.0242 e. The predicted octanol–water partition coefficient (Wildman–Crippen LogP) is 10.1. The summed E-state index contributed by atoms with van der Waals surface area (Å²) in [5.74, 6) is 5.10. The maximum atomic E-state index is 5.55. The first-order valence-electron chi connectivity index (χ1n) is 15.3. The van der Waals surface area contributed by atoms with Crippen LogP contribution in [-0.4, -0.2) is 0 Å². The molecule has 0 amide bonds. The van der Waals surface area contributed by atoms with Crippen LogP contribution in [-0.2, 0) is 19.3 Å². The molecule has 0 N–H and O–H groups in total. The predicted molar refractivity (Wildman–Crippen MR) is 172 cm³/mol. The van der Waals surface area contributed by atoms with Crippen molar-refractivity contribution < 1.29 is 0 Å². The molecule has 0 heterocycles. The molecular formula is C40H44. The second-order valence-corrected chi connectivity index (χ2v) is 12.1. The third kappa shape index (κ3) is 6.95. The molecule has 2 aliphatic carbocycles. The van der Waals surface area contributed by atoms with Crippen molar-refractivity contribution in [2.24, 2.45) is 17.8 Å². The number of hydrogen-bond acceptors (Lipinski definition) is 0. The van der Waals surface area contributed by atoms with Gasteiger partial charge in [-0.1, -0.05) is 111 Å². The normalized spacial score (nSPS) is 21.0. The third-order valence-electron chi connectivity index (χ3n) is 9.24. The van der Waals surface area contributed by atoms with Crippen LogP contribution in [0, 0.1) is 30.1 Å². The largest absolute Gasteiger partial charge is 0.115 e. The van der Waals surface area contributed by atoms with E-state index in [1.54, 1.807) is 0 Å². The van der Waals surface area contributed by atoms with Gasteiger partial charge in [0, 0.05) is 11.5 Å². The van der Waals surface area contributed by atoms with Crippen molar-refractivity contribution in [3.05, 3.63) is 137 Å². The van der Waals surface area contributed by atoms with Crippen LogP contribution in [0.25, 0.3) is 5.57 Å². The number of terminal acetylenes is 1. The molecule has 3 aromatic rings. The average molecular weight is 525 g/mol. The SMILES string of the molecule is C#Cc1ccc(CC2CCC(C(C(=C)CCc3ccc(CC)cc3)c3ccc(C4=CC(C)C=C4)cc3)CC2)cc1. The highest BCUT2D eigenvalue weighted by Gasteiger charge is 2.30. The van der Waals surface area contributed by atoms with E-state index in [0.29, 0.717) is 17.8 Å². The van der Waals surface area contributed by atoms with Crippen molar-refractivity contribution in [3.8, 4) is 12.3 Å². The Balaban J connectivity index is 1.28. The number of rotatable bonds is 10. The molecule has 0 bridgehead atoms. The molecule has 0 spiro atoms. The van der Waals surface area contributed by atoms with Gasteiger partial charge >= 0.3 is 0 Å². The zero-order valence-electron chi connectivity index (χ0n) is 24.4. The Labute approximate surface area is 242 Å². The van der Waals surface area contributed by atoms with E-state index in [2.05, 4.69) is 111 Å². The third-order valence-corrected chi connectivity index (χ3v) is 9.24. The maximum Gasteiger partial charge on any atom is 0.0242 e. The first kappa shape index (κ1) is 28.0. The molecule has 0 saturated heterocycles. The van der Waals surface area contributed by atoms with E-state index in [-0.39, 0.29) is 0 Å². The van der Waals surface area contributed by atoms with Gasteiger partial charge in [0.2, 0.25) is 0 Å². The minimum atomic E-state index is 0.423. The summed E-state index contributed by atoms with van der Waals surface area (Å²) in [7, 11) is 0. The molecular weight excluding hydrogens is 480 g/mol. The van der Waals surface area contributed by atoms with Crippen LogP contribution in [0.5, 0.6) is 0 Å². The summed E-state index contributed by atoms with van der Waals surface area (Å²) >= 11 is 0. The van der Waals surface area contributed by atoms with Crippen molar-refractivity contribution in [1.82, 2.24) is 0 Å². The molecule has 0 radical (unpaired) electrons. The Morgan fingerprint density at radius 1 is 0.875 bits per heavy atom. The zero-order chi connectivity index (χ0) is 27.9. The molecule has 0 aliphatic heterocycles. The fraction of sp³-hybridized carbons (Fsp3) is 0.350. The topological polar surface area (TPSA) is 0 Å². The summed E-state index contributed by atoms with van der Waals surface area (Å²) in [6, 6.07) is 27.2. The fourth-order valence-corrected chi connectivity index (χ4v) is 6.76. The molecule has 3 aromatic carbocycles. The van der Waals surface area contributed by atoms with Crippen LogP contribution in [0.1, 0.15) is 85.3 Å². The second-order valence-electron chi connectivity index (χ2n) is 12.1. The Bertz CT molecular complexity index is 1360. The van der Waals surface area contributed by atoms with E-state index in [0.717, 1.165) is 37.2 Å². The van der Waals surface area contributed by atoms with E-state index < -0.39 is 0 Å². The quantitative estimate of drug-likeness (QED) is 0.183. The molecule has 0 heteroatoms. The van der Waals surface area contributed by atoms with Crippen LogP contribution >= 0.6 is 0 Å². The molecule has 1 saturated carbocycles. The first-order valence-corrected chi connectivity index (χ1v) is 15.3. The van der Waals surface area contributed by atoms with Gasteiger partial charge in [0.25, 0.3) is 0 Å². The fourth-order valence-electron chi connectivity index (χ4n) is 6.76. The molecule has 40 heavy (non-hydrogen) atoms. The van der Waals surface area contributed by atoms with E-state index in [4.69, 9.17) is 13.0 Å². The molecule has 5 rings (SSSR count). The summed E-state index contributed by atoms with van der Waals surface area (Å²) < 4.78 is 0. The average Bonchev–Trinajstić information content (AvgIpc) is 3.44. The summed E-state index contributed by atoms with van der Waals surface area (Å²) in [6.07, 6.45) is 21.9. The number of hydrogen-bond donors (Lipinski definition) is 0. The Morgan fingerprint density at radius 3 is 2.12 bits per heavy atom. The number of allylic oxidation sites excluding steroid dienone is 5. The molecule has 2 unspecified atom stereocenters. The summed E-state index contributed by atoms with van der Waals surface area (Å²) in [5, 5.41) is 0. The highest BCUT2D eigenvalue weighted by atomic mass is 14.3. The van der Waals surface area contributed by atoms with E-state index >= 15 is 0 Å². The lowest BCUT2D eigenvalue weighted by molar-refractivity contribution is 0.252. The van der Waals surface area contributed by atoms with E-state index in [9.17, 15) is 0 Å². The van der Waals surface area contributed by atoms with Crippen LogP contribution in [0.15, 0.2) is 103 Å². The lowest BCUT2D eigenvalue weighted by Gasteiger charge is -2.35. The summed E-state index contributed by atoms with van der Waals surface area (Å²) in [5.41, 5.74) is 10.7. The van der Waals surface area contributed by atoms with Gasteiger partial charge < -0.3 is 0 Å². The van der Waals surface area contributed by atoms with Crippen LogP contribution in [0.2, 0.25) is 0 Å². The van der Waals surface area contributed by atoms with Crippen LogP contribution in [0.3, 0.4) is 0 Å². The molecule has 0 nitrogen and oxygen atoms in total. The van der Waals surface area contributed by atoms with Crippen molar-refractivity contribution >= 4 is 5.57 Å². The summed E-state index contributed by atoms with van der Waals surface area (Å²) in [6.45, 7) is 9.19. The number of aryl methyl sites for hydroxylation is 2. The molecule has 1 fully saturated rings. The van der Waals surface area contributed by atoms with Gasteiger partial charge in [-0.15, -0.1) is 6.42 Å². The molecule has 0 aromatic heterocycles. The number of benzene rings is 3. The first-order chi connectivity index (χ1) is 19.5. The van der Waals surface area contributed by atoms with E-state index in [1.165, 1.54) is 64.6 Å². The highest BCUT2D eigenvalue weighted by Crippen LogP contribution is 2.44. The molecule has 2 atom stereocenters. The maximum absolute atomic E-state index is 5.55. The minimum absolute atomic E-state index is 0.423. The van der Waals surface area contributed by atoms with Crippen molar-refractivity contribution in [3.63, 3.8) is 0 Å². The second kappa shape index (κ2) is 13.2. The van der Waals surface area contributed by atoms with Gasteiger partial charge in [0.15, 0.2) is 0 Å². The van der Waals surface area contributed by atoms with Crippen molar-refractivity contribution in [2.75, 3.05) is 0 Å². The van der Waals surface area contributed by atoms with Gasteiger partial charge in [-0.3, -0.25) is 0 Å². The lowest BCUT2D eigenvalue weighted by Crippen LogP contribution is -2.23. The standard InChI is InChI=1S/C40H44/c1-5-31-10-14-33(15-11-31)9-8-30(4)40(38-25-23-36(24-26-38)39-20-7-29(3)27-39)37-21-18-35(19-22-37)28-34-16-12-32(6-2)13-17-34/h2,7,10-17,20,23-27,29,35,37,40H,4-5,8-9,18-19,21-22,28H2,1,3H3. The zero-order valence-corrected chi connectivity index (χ0v) is 24.4. The molecule has 2 aliphatic rings. The van der Waals surface area contributed by atoms with Gasteiger partial charge in [-0.25, -0.2) is 0 Å². The minimum Gasteiger partial charge on any atom is -0.115 e. The van der Waals surface area contributed by atoms with Crippen LogP contribution < -0.4 is 0 Å². The van der Waals surface area contributed by atoms with Crippen molar-refractivity contribution in [2.45, 2.75) is 71.1 Å². The Kier molecular flexibility index (Phi) is 9.23. The monoisotopic (exact) mass is 524 g/mol. The van der Waals surface area contributed by atoms with Crippen molar-refractivity contribution in [1.29, 1.82) is 0 Å². The Morgan fingerprint density at radius 2 is 1.52 bits per heavy atom. The Hall–Kier alpha value is -3.56. The van der Waals surface area contributed by atoms with Crippen LogP contribution in [0.4, 0.5) is 0 Å². The highest BCUT2D eigenvalue weighted by molar-refractivity contribution is 5.76. The molecule has 204 valence electrons. The van der Waals surface area contributed by atoms with Gasteiger partial charge in [-0.2, -0.15) is 0 Å². The lowest BCUT2D eigenvalue weighted by atomic mass is 9.69. The van der Waals surface area contributed by atoms with Gasteiger partial charge in [0.1, 0.15) is 0 Å². The van der Waals surface area contributed by atoms with E-state index in [1.807, 2.05) is 0 Å².